The van der Waals surface area contributed by atoms with E-state index < -0.39 is 0 Å². The molecule has 3 heterocycles. The molecule has 0 unspecified atom stereocenters. The number of carbonyl (C=O) groups excluding carboxylic acids is 1. The summed E-state index contributed by atoms with van der Waals surface area (Å²) in [7, 11) is 0. The Bertz CT molecular complexity index is 1040. The molecule has 3 aromatic rings. The van der Waals surface area contributed by atoms with Gasteiger partial charge in [-0.15, -0.1) is 10.2 Å². The van der Waals surface area contributed by atoms with Gasteiger partial charge in [0.1, 0.15) is 5.82 Å². The van der Waals surface area contributed by atoms with Crippen molar-refractivity contribution in [3.8, 4) is 0 Å². The number of benzene rings is 1. The van der Waals surface area contributed by atoms with Crippen molar-refractivity contribution >= 4 is 23.4 Å². The molecule has 30 heavy (non-hydrogen) atoms. The van der Waals surface area contributed by atoms with Crippen LogP contribution in [0.25, 0.3) is 0 Å². The molecule has 1 N–H and O–H groups in total. The summed E-state index contributed by atoms with van der Waals surface area (Å²) in [6.45, 7) is 8.79. The van der Waals surface area contributed by atoms with Crippen molar-refractivity contribution in [2.24, 2.45) is 0 Å². The number of pyridine rings is 1. The van der Waals surface area contributed by atoms with Crippen molar-refractivity contribution in [3.63, 3.8) is 0 Å². The summed E-state index contributed by atoms with van der Waals surface area (Å²) in [5, 5.41) is 11.8. The molecule has 2 aromatic heterocycles. The van der Waals surface area contributed by atoms with Gasteiger partial charge >= 0.3 is 0 Å². The fourth-order valence-corrected chi connectivity index (χ4v) is 3.67. The first-order chi connectivity index (χ1) is 14.5. The van der Waals surface area contributed by atoms with Crippen LogP contribution in [0.4, 0.5) is 17.5 Å². The number of hydrogen-bond acceptors (Lipinski definition) is 6. The number of hydrogen-bond donors (Lipinski definition) is 1. The summed E-state index contributed by atoms with van der Waals surface area (Å²) in [5.41, 5.74) is 3.93. The van der Waals surface area contributed by atoms with Gasteiger partial charge in [0.15, 0.2) is 11.6 Å². The summed E-state index contributed by atoms with van der Waals surface area (Å²) < 4.78 is 0. The zero-order chi connectivity index (χ0) is 21.1. The van der Waals surface area contributed by atoms with Crippen molar-refractivity contribution < 1.29 is 4.79 Å². The number of anilines is 3. The Kier molecular flexibility index (Phi) is 5.61. The summed E-state index contributed by atoms with van der Waals surface area (Å²) in [5.74, 6) is 2.32. The average molecular weight is 403 g/mol. The van der Waals surface area contributed by atoms with E-state index in [-0.39, 0.29) is 5.91 Å². The van der Waals surface area contributed by atoms with Crippen LogP contribution in [-0.4, -0.2) is 52.2 Å². The van der Waals surface area contributed by atoms with Crippen LogP contribution < -0.4 is 10.2 Å². The second kappa shape index (κ2) is 8.49. The molecule has 7 heteroatoms. The van der Waals surface area contributed by atoms with E-state index in [9.17, 15) is 4.79 Å². The minimum absolute atomic E-state index is 0.100. The Morgan fingerprint density at radius 1 is 0.900 bits per heavy atom. The Morgan fingerprint density at radius 2 is 1.70 bits per heavy atom. The van der Waals surface area contributed by atoms with Gasteiger partial charge in [-0.2, -0.15) is 0 Å². The lowest BCUT2D eigenvalue weighted by Gasteiger charge is -2.35. The monoisotopic (exact) mass is 402 g/mol. The highest BCUT2D eigenvalue weighted by Crippen LogP contribution is 2.19. The number of amides is 1. The third-order valence-corrected chi connectivity index (χ3v) is 5.30. The number of piperazine rings is 1. The van der Waals surface area contributed by atoms with Crippen molar-refractivity contribution in [2.45, 2.75) is 20.8 Å². The molecular formula is C23H26N6O. The van der Waals surface area contributed by atoms with Gasteiger partial charge in [-0.3, -0.25) is 4.79 Å². The van der Waals surface area contributed by atoms with Crippen LogP contribution in [0.1, 0.15) is 27.2 Å². The van der Waals surface area contributed by atoms with E-state index in [4.69, 9.17) is 0 Å². The van der Waals surface area contributed by atoms with E-state index in [0.717, 1.165) is 41.5 Å². The highest BCUT2D eigenvalue weighted by atomic mass is 16.2. The van der Waals surface area contributed by atoms with Crippen LogP contribution in [0.2, 0.25) is 0 Å². The first-order valence-corrected chi connectivity index (χ1v) is 10.2. The molecule has 4 rings (SSSR count). The standard InChI is InChI=1S/C23H26N6O/c1-16-7-8-19(17(2)15-16)23(30)29-13-11-28(12-14-29)22-10-9-21(26-27-22)25-20-6-4-5-18(3)24-20/h4-10,15H,11-14H2,1-3H3,(H,24,25,26). The zero-order valence-electron chi connectivity index (χ0n) is 17.6. The third kappa shape index (κ3) is 4.40. The van der Waals surface area contributed by atoms with E-state index in [2.05, 4.69) is 31.5 Å². The molecular weight excluding hydrogens is 376 g/mol. The van der Waals surface area contributed by atoms with Crippen LogP contribution in [0, 0.1) is 20.8 Å². The van der Waals surface area contributed by atoms with Gasteiger partial charge in [-0.25, -0.2) is 4.98 Å². The normalized spacial score (nSPS) is 14.0. The lowest BCUT2D eigenvalue weighted by atomic mass is 10.0. The predicted molar refractivity (Wildman–Crippen MR) is 118 cm³/mol. The van der Waals surface area contributed by atoms with Gasteiger partial charge in [-0.1, -0.05) is 23.8 Å². The van der Waals surface area contributed by atoms with Gasteiger partial charge in [-0.05, 0) is 56.7 Å². The highest BCUT2D eigenvalue weighted by molar-refractivity contribution is 5.95. The SMILES string of the molecule is Cc1ccc(C(=O)N2CCN(c3ccc(Nc4cccc(C)n4)nn3)CC2)c(C)c1. The second-order valence-electron chi connectivity index (χ2n) is 7.66. The van der Waals surface area contributed by atoms with Gasteiger partial charge in [0.25, 0.3) is 5.91 Å². The van der Waals surface area contributed by atoms with Crippen molar-refractivity contribution in [1.82, 2.24) is 20.1 Å². The molecule has 7 nitrogen and oxygen atoms in total. The number of nitrogens with one attached hydrogen (secondary N) is 1. The molecule has 1 amide bonds. The van der Waals surface area contributed by atoms with Crippen LogP contribution in [0.15, 0.2) is 48.5 Å². The third-order valence-electron chi connectivity index (χ3n) is 5.30. The van der Waals surface area contributed by atoms with Gasteiger partial charge in [0.05, 0.1) is 0 Å². The van der Waals surface area contributed by atoms with Gasteiger partial charge < -0.3 is 15.1 Å². The van der Waals surface area contributed by atoms with Crippen molar-refractivity contribution in [2.75, 3.05) is 36.4 Å². The molecule has 1 saturated heterocycles. The zero-order valence-corrected chi connectivity index (χ0v) is 17.6. The Balaban J connectivity index is 1.36. The van der Waals surface area contributed by atoms with Crippen molar-refractivity contribution in [1.29, 1.82) is 0 Å². The maximum atomic E-state index is 12.9. The van der Waals surface area contributed by atoms with Crippen molar-refractivity contribution in [3.05, 3.63) is 70.9 Å². The number of aromatic nitrogens is 3. The number of nitrogens with zero attached hydrogens (tertiary/aromatic N) is 5. The van der Waals surface area contributed by atoms with Crippen LogP contribution in [0.5, 0.6) is 0 Å². The fraction of sp³-hybridized carbons (Fsp3) is 0.304. The van der Waals surface area contributed by atoms with E-state index in [1.54, 1.807) is 0 Å². The maximum absolute atomic E-state index is 12.9. The lowest BCUT2D eigenvalue weighted by Crippen LogP contribution is -2.49. The molecule has 0 atom stereocenters. The molecule has 0 aliphatic carbocycles. The minimum Gasteiger partial charge on any atom is -0.352 e. The van der Waals surface area contributed by atoms with Crippen LogP contribution in [0.3, 0.4) is 0 Å². The molecule has 1 aliphatic rings. The van der Waals surface area contributed by atoms with Gasteiger partial charge in [0.2, 0.25) is 0 Å². The molecule has 1 aliphatic heterocycles. The molecule has 154 valence electrons. The summed E-state index contributed by atoms with van der Waals surface area (Å²) in [6.07, 6.45) is 0. The summed E-state index contributed by atoms with van der Waals surface area (Å²) in [6, 6.07) is 15.6. The highest BCUT2D eigenvalue weighted by Gasteiger charge is 2.24. The molecule has 0 radical (unpaired) electrons. The van der Waals surface area contributed by atoms with Crippen LogP contribution >= 0.6 is 0 Å². The summed E-state index contributed by atoms with van der Waals surface area (Å²) in [4.78, 5) is 21.4. The number of carbonyl (C=O) groups is 1. The first kappa shape index (κ1) is 19.8. The Morgan fingerprint density at radius 3 is 2.37 bits per heavy atom. The Labute approximate surface area is 176 Å². The van der Waals surface area contributed by atoms with E-state index >= 15 is 0 Å². The van der Waals surface area contributed by atoms with E-state index in [1.165, 1.54) is 5.56 Å². The van der Waals surface area contributed by atoms with Crippen LogP contribution in [-0.2, 0) is 0 Å². The molecule has 0 bridgehead atoms. The maximum Gasteiger partial charge on any atom is 0.254 e. The minimum atomic E-state index is 0.100. The molecule has 0 spiro atoms. The first-order valence-electron chi connectivity index (χ1n) is 10.2. The lowest BCUT2D eigenvalue weighted by molar-refractivity contribution is 0.0745. The topological polar surface area (TPSA) is 74.2 Å². The fourth-order valence-electron chi connectivity index (χ4n) is 3.67. The quantitative estimate of drug-likeness (QED) is 0.720. The number of aryl methyl sites for hydroxylation is 3. The average Bonchev–Trinajstić information content (AvgIpc) is 2.74. The summed E-state index contributed by atoms with van der Waals surface area (Å²) >= 11 is 0. The molecule has 0 saturated carbocycles. The predicted octanol–water partition coefficient (Wildman–Crippen LogP) is 3.50. The molecule has 1 fully saturated rings. The molecule has 1 aromatic carbocycles. The number of rotatable bonds is 4. The smallest absolute Gasteiger partial charge is 0.254 e. The van der Waals surface area contributed by atoms with E-state index in [0.29, 0.717) is 18.9 Å². The largest absolute Gasteiger partial charge is 0.352 e. The van der Waals surface area contributed by atoms with Gasteiger partial charge in [0, 0.05) is 37.4 Å². The van der Waals surface area contributed by atoms with E-state index in [1.807, 2.05) is 68.1 Å². The second-order valence-corrected chi connectivity index (χ2v) is 7.66. The Hall–Kier alpha value is -3.48.